The molecular formula is C24H24N4O. The maximum Gasteiger partial charge on any atom is 0.142 e. The number of aromatic nitrogens is 1. The molecule has 1 aliphatic heterocycles. The predicted octanol–water partition coefficient (Wildman–Crippen LogP) is 4.01. The lowest BCUT2D eigenvalue weighted by molar-refractivity contribution is 0.0342. The number of hydrogen-bond acceptors (Lipinski definition) is 5. The molecule has 0 radical (unpaired) electrons. The summed E-state index contributed by atoms with van der Waals surface area (Å²) in [5.41, 5.74) is 12.5. The van der Waals surface area contributed by atoms with Gasteiger partial charge in [-0.1, -0.05) is 48.5 Å². The summed E-state index contributed by atoms with van der Waals surface area (Å²) in [7, 11) is 0. The normalized spacial score (nSPS) is 14.5. The summed E-state index contributed by atoms with van der Waals surface area (Å²) in [4.78, 5) is 6.93. The fourth-order valence-corrected chi connectivity index (χ4v) is 3.89. The Kier molecular flexibility index (Phi) is 5.57. The van der Waals surface area contributed by atoms with Crippen molar-refractivity contribution in [3.8, 4) is 28.5 Å². The third-order valence-corrected chi connectivity index (χ3v) is 5.35. The zero-order valence-electron chi connectivity index (χ0n) is 16.6. The second kappa shape index (κ2) is 8.44. The van der Waals surface area contributed by atoms with E-state index >= 15 is 0 Å². The maximum atomic E-state index is 9.78. The van der Waals surface area contributed by atoms with Crippen molar-refractivity contribution in [2.75, 3.05) is 32.0 Å². The van der Waals surface area contributed by atoms with E-state index in [9.17, 15) is 5.26 Å². The van der Waals surface area contributed by atoms with Gasteiger partial charge in [0.15, 0.2) is 0 Å². The Bertz CT molecular complexity index is 1050. The molecule has 2 heterocycles. The first-order valence-corrected chi connectivity index (χ1v) is 9.82. The van der Waals surface area contributed by atoms with Gasteiger partial charge in [-0.3, -0.25) is 4.90 Å². The van der Waals surface area contributed by atoms with Crippen LogP contribution in [0.5, 0.6) is 0 Å². The monoisotopic (exact) mass is 384 g/mol. The molecule has 5 nitrogen and oxygen atoms in total. The van der Waals surface area contributed by atoms with Gasteiger partial charge in [0.1, 0.15) is 17.5 Å². The molecule has 0 amide bonds. The molecule has 0 saturated carbocycles. The number of hydrogen-bond donors (Lipinski definition) is 1. The van der Waals surface area contributed by atoms with Gasteiger partial charge in [0.25, 0.3) is 0 Å². The summed E-state index contributed by atoms with van der Waals surface area (Å²) in [6.07, 6.45) is 0. The number of pyridine rings is 1. The summed E-state index contributed by atoms with van der Waals surface area (Å²) in [5, 5.41) is 9.78. The average Bonchev–Trinajstić information content (AvgIpc) is 2.76. The minimum atomic E-state index is 0.269. The number of anilines is 1. The molecule has 0 spiro atoms. The van der Waals surface area contributed by atoms with Crippen LogP contribution in [0.3, 0.4) is 0 Å². The maximum absolute atomic E-state index is 9.78. The molecule has 0 aliphatic carbocycles. The van der Waals surface area contributed by atoms with E-state index in [4.69, 9.17) is 10.5 Å². The molecule has 0 unspecified atom stereocenters. The number of nitrogens with two attached hydrogens (primary N) is 1. The molecule has 3 aromatic rings. The summed E-state index contributed by atoms with van der Waals surface area (Å²) < 4.78 is 5.45. The third-order valence-electron chi connectivity index (χ3n) is 5.35. The molecule has 0 atom stereocenters. The van der Waals surface area contributed by atoms with Crippen LogP contribution >= 0.6 is 0 Å². The van der Waals surface area contributed by atoms with Crippen LogP contribution in [-0.2, 0) is 11.3 Å². The molecule has 2 N–H and O–H groups in total. The highest BCUT2D eigenvalue weighted by Crippen LogP contribution is 2.36. The lowest BCUT2D eigenvalue weighted by Gasteiger charge is -2.26. The molecule has 1 aromatic heterocycles. The Labute approximate surface area is 171 Å². The quantitative estimate of drug-likeness (QED) is 0.736. The van der Waals surface area contributed by atoms with Gasteiger partial charge in [-0.25, -0.2) is 4.98 Å². The number of nitrogen functional groups attached to an aromatic ring is 1. The predicted molar refractivity (Wildman–Crippen MR) is 115 cm³/mol. The van der Waals surface area contributed by atoms with Crippen LogP contribution < -0.4 is 5.73 Å². The van der Waals surface area contributed by atoms with Crippen LogP contribution in [-0.4, -0.2) is 36.2 Å². The molecule has 5 heteroatoms. The molecule has 4 rings (SSSR count). The smallest absolute Gasteiger partial charge is 0.142 e. The fraction of sp³-hybridized carbons (Fsp3) is 0.250. The van der Waals surface area contributed by atoms with Crippen LogP contribution in [0.25, 0.3) is 22.4 Å². The Hall–Kier alpha value is -3.20. The van der Waals surface area contributed by atoms with E-state index < -0.39 is 0 Å². The molecule has 2 aromatic carbocycles. The molecule has 1 saturated heterocycles. The summed E-state index contributed by atoms with van der Waals surface area (Å²) in [5.74, 6) is 0.269. The van der Waals surface area contributed by atoms with Crippen LogP contribution in [0.4, 0.5) is 5.82 Å². The van der Waals surface area contributed by atoms with E-state index in [1.165, 1.54) is 5.56 Å². The van der Waals surface area contributed by atoms with E-state index in [1.54, 1.807) is 0 Å². The second-order valence-electron chi connectivity index (χ2n) is 7.29. The standard InChI is InChI=1S/C24H24N4O/c1-17-22(20-9-5-6-18(14-20)16-28-10-12-29-13-11-28)21(15-25)24(26)27-23(17)19-7-3-2-4-8-19/h2-9,14H,10-13,16H2,1H3,(H2,26,27). The number of morpholine rings is 1. The average molecular weight is 384 g/mol. The fourth-order valence-electron chi connectivity index (χ4n) is 3.89. The number of benzene rings is 2. The van der Waals surface area contributed by atoms with E-state index in [2.05, 4.69) is 28.1 Å². The number of nitrogens with zero attached hydrogens (tertiary/aromatic N) is 3. The van der Waals surface area contributed by atoms with Gasteiger partial charge >= 0.3 is 0 Å². The van der Waals surface area contributed by atoms with E-state index in [0.29, 0.717) is 5.56 Å². The lowest BCUT2D eigenvalue weighted by Crippen LogP contribution is -2.35. The van der Waals surface area contributed by atoms with E-state index in [-0.39, 0.29) is 5.82 Å². The summed E-state index contributed by atoms with van der Waals surface area (Å²) >= 11 is 0. The highest BCUT2D eigenvalue weighted by Gasteiger charge is 2.19. The van der Waals surface area contributed by atoms with Gasteiger partial charge in [0.05, 0.1) is 18.9 Å². The van der Waals surface area contributed by atoms with Crippen molar-refractivity contribution in [1.82, 2.24) is 9.88 Å². The van der Waals surface area contributed by atoms with E-state index in [1.807, 2.05) is 49.4 Å². The van der Waals surface area contributed by atoms with Crippen LogP contribution in [0.1, 0.15) is 16.7 Å². The van der Waals surface area contributed by atoms with Crippen molar-refractivity contribution in [2.24, 2.45) is 0 Å². The third kappa shape index (κ3) is 4.00. The van der Waals surface area contributed by atoms with Crippen LogP contribution in [0, 0.1) is 18.3 Å². The van der Waals surface area contributed by atoms with Gasteiger partial charge in [-0.15, -0.1) is 0 Å². The largest absolute Gasteiger partial charge is 0.383 e. The van der Waals surface area contributed by atoms with Crippen molar-refractivity contribution >= 4 is 5.82 Å². The van der Waals surface area contributed by atoms with Gasteiger partial charge in [0.2, 0.25) is 0 Å². The van der Waals surface area contributed by atoms with Gasteiger partial charge in [0, 0.05) is 30.8 Å². The van der Waals surface area contributed by atoms with Crippen molar-refractivity contribution in [3.63, 3.8) is 0 Å². The molecule has 146 valence electrons. The number of nitriles is 1. The Balaban J connectivity index is 1.79. The van der Waals surface area contributed by atoms with Gasteiger partial charge < -0.3 is 10.5 Å². The molecular weight excluding hydrogens is 360 g/mol. The first-order valence-electron chi connectivity index (χ1n) is 9.82. The summed E-state index contributed by atoms with van der Waals surface area (Å²) in [6.45, 7) is 6.31. The van der Waals surface area contributed by atoms with Crippen molar-refractivity contribution in [3.05, 3.63) is 71.3 Å². The zero-order valence-corrected chi connectivity index (χ0v) is 16.6. The Morgan fingerprint density at radius 2 is 1.79 bits per heavy atom. The topological polar surface area (TPSA) is 75.2 Å². The van der Waals surface area contributed by atoms with Crippen molar-refractivity contribution in [1.29, 1.82) is 5.26 Å². The minimum Gasteiger partial charge on any atom is -0.383 e. The van der Waals surface area contributed by atoms with Crippen molar-refractivity contribution < 1.29 is 4.74 Å². The lowest BCUT2D eigenvalue weighted by atomic mass is 9.92. The van der Waals surface area contributed by atoms with Crippen LogP contribution in [0.2, 0.25) is 0 Å². The first-order chi connectivity index (χ1) is 14.2. The minimum absolute atomic E-state index is 0.269. The highest BCUT2D eigenvalue weighted by atomic mass is 16.5. The first kappa shape index (κ1) is 19.1. The Morgan fingerprint density at radius 1 is 1.07 bits per heavy atom. The molecule has 1 aliphatic rings. The van der Waals surface area contributed by atoms with Crippen LogP contribution in [0.15, 0.2) is 54.6 Å². The van der Waals surface area contributed by atoms with Gasteiger partial charge in [-0.2, -0.15) is 5.26 Å². The molecule has 29 heavy (non-hydrogen) atoms. The SMILES string of the molecule is Cc1c(-c2ccccc2)nc(N)c(C#N)c1-c1cccc(CN2CCOCC2)c1. The second-order valence-corrected chi connectivity index (χ2v) is 7.29. The molecule has 0 bridgehead atoms. The van der Waals surface area contributed by atoms with Gasteiger partial charge in [-0.05, 0) is 29.7 Å². The zero-order chi connectivity index (χ0) is 20.2. The van der Waals surface area contributed by atoms with E-state index in [0.717, 1.165) is 60.8 Å². The molecule has 1 fully saturated rings. The highest BCUT2D eigenvalue weighted by molar-refractivity contribution is 5.84. The number of rotatable bonds is 4. The Morgan fingerprint density at radius 3 is 2.52 bits per heavy atom. The van der Waals surface area contributed by atoms with Crippen molar-refractivity contribution in [2.45, 2.75) is 13.5 Å². The summed E-state index contributed by atoms with van der Waals surface area (Å²) in [6, 6.07) is 20.6. The number of ether oxygens (including phenoxy) is 1.